The van der Waals surface area contributed by atoms with E-state index < -0.39 is 0 Å². The Morgan fingerprint density at radius 1 is 1.40 bits per heavy atom. The van der Waals surface area contributed by atoms with Crippen LogP contribution in [0.5, 0.6) is 0 Å². The van der Waals surface area contributed by atoms with E-state index in [1.807, 2.05) is 6.92 Å². The van der Waals surface area contributed by atoms with Gasteiger partial charge in [-0.2, -0.15) is 0 Å². The molecule has 0 radical (unpaired) electrons. The van der Waals surface area contributed by atoms with Gasteiger partial charge in [-0.15, -0.1) is 0 Å². The summed E-state index contributed by atoms with van der Waals surface area (Å²) in [5, 5.41) is 17.3. The van der Waals surface area contributed by atoms with Crippen LogP contribution in [0, 0.1) is 21.4 Å². The van der Waals surface area contributed by atoms with Crippen LogP contribution in [-0.2, 0) is 0 Å². The smallest absolute Gasteiger partial charge is 0.276 e. The van der Waals surface area contributed by atoms with Gasteiger partial charge in [0.25, 0.3) is 5.69 Å². The maximum Gasteiger partial charge on any atom is 0.276 e. The molecule has 1 fully saturated rings. The maximum atomic E-state index is 11.0. The van der Waals surface area contributed by atoms with Crippen LogP contribution in [0.2, 0.25) is 0 Å². The first kappa shape index (κ1) is 14.6. The van der Waals surface area contributed by atoms with Crippen molar-refractivity contribution >= 4 is 17.3 Å². The van der Waals surface area contributed by atoms with Crippen LogP contribution in [0.1, 0.15) is 33.6 Å². The fraction of sp³-hybridized carbons (Fsp3) is 0.643. The molecule has 20 heavy (non-hydrogen) atoms. The molecule has 0 aromatic carbocycles. The highest BCUT2D eigenvalue weighted by Crippen LogP contribution is 2.51. The Labute approximate surface area is 119 Å². The molecule has 1 aliphatic carbocycles. The first-order chi connectivity index (χ1) is 9.42. The molecule has 1 unspecified atom stereocenters. The van der Waals surface area contributed by atoms with Gasteiger partial charge in [-0.25, -0.2) is 4.98 Å². The lowest BCUT2D eigenvalue weighted by atomic mass is 10.1. The quantitative estimate of drug-likeness (QED) is 0.591. The number of hydrogen-bond acceptors (Lipinski definition) is 5. The molecule has 0 bridgehead atoms. The summed E-state index contributed by atoms with van der Waals surface area (Å²) in [5.41, 5.74) is 0.452. The molecular weight excluding hydrogens is 256 g/mol. The van der Waals surface area contributed by atoms with Crippen LogP contribution in [0.4, 0.5) is 17.3 Å². The summed E-state index contributed by atoms with van der Waals surface area (Å²) in [5.74, 6) is 1.75. The fourth-order valence-corrected chi connectivity index (χ4v) is 2.21. The first-order valence-corrected chi connectivity index (χ1v) is 7.06. The Bertz CT molecular complexity index is 502. The lowest BCUT2D eigenvalue weighted by Crippen LogP contribution is -2.10. The normalized spacial score (nSPS) is 19.4. The van der Waals surface area contributed by atoms with Gasteiger partial charge >= 0.3 is 0 Å². The standard InChI is InChI=1S/C14H22N4O2/c1-4-5-15-12-6-11(18(19)20)7-13(17-12)16-9-10-8-14(10,2)3/h6-7,10H,4-5,8-9H2,1-3H3,(H2,15,16,17). The third-order valence-electron chi connectivity index (χ3n) is 3.82. The molecule has 6 nitrogen and oxygen atoms in total. The van der Waals surface area contributed by atoms with Gasteiger partial charge in [0.2, 0.25) is 0 Å². The number of aromatic nitrogens is 1. The Morgan fingerprint density at radius 3 is 2.50 bits per heavy atom. The van der Waals surface area contributed by atoms with Crippen molar-refractivity contribution in [3.63, 3.8) is 0 Å². The fourth-order valence-electron chi connectivity index (χ4n) is 2.21. The van der Waals surface area contributed by atoms with Gasteiger partial charge < -0.3 is 10.6 Å². The molecule has 1 atom stereocenters. The van der Waals surface area contributed by atoms with Crippen molar-refractivity contribution in [2.45, 2.75) is 33.6 Å². The molecule has 0 amide bonds. The molecule has 6 heteroatoms. The molecule has 1 heterocycles. The van der Waals surface area contributed by atoms with Crippen molar-refractivity contribution < 1.29 is 4.92 Å². The zero-order valence-corrected chi connectivity index (χ0v) is 12.3. The minimum atomic E-state index is -0.384. The topological polar surface area (TPSA) is 80.1 Å². The van der Waals surface area contributed by atoms with Gasteiger partial charge in [0.1, 0.15) is 11.6 Å². The van der Waals surface area contributed by atoms with E-state index in [2.05, 4.69) is 29.5 Å². The third kappa shape index (κ3) is 3.59. The number of rotatable bonds is 7. The Kier molecular flexibility index (Phi) is 4.11. The highest BCUT2D eigenvalue weighted by molar-refractivity contribution is 5.54. The summed E-state index contributed by atoms with van der Waals surface area (Å²) in [6.45, 7) is 8.07. The number of nitrogens with zero attached hydrogens (tertiary/aromatic N) is 2. The Hall–Kier alpha value is -1.85. The van der Waals surface area contributed by atoms with E-state index in [1.54, 1.807) is 0 Å². The summed E-state index contributed by atoms with van der Waals surface area (Å²) < 4.78 is 0. The molecule has 1 aromatic rings. The molecule has 2 N–H and O–H groups in total. The second-order valence-corrected chi connectivity index (χ2v) is 6.05. The van der Waals surface area contributed by atoms with Crippen molar-refractivity contribution in [2.24, 2.45) is 11.3 Å². The van der Waals surface area contributed by atoms with Gasteiger partial charge in [0.05, 0.1) is 17.1 Å². The van der Waals surface area contributed by atoms with E-state index in [-0.39, 0.29) is 10.6 Å². The van der Waals surface area contributed by atoms with Gasteiger partial charge in [0.15, 0.2) is 0 Å². The predicted molar refractivity (Wildman–Crippen MR) is 80.0 cm³/mol. The first-order valence-electron chi connectivity index (χ1n) is 7.06. The average molecular weight is 278 g/mol. The molecule has 0 aliphatic heterocycles. The van der Waals surface area contributed by atoms with Gasteiger partial charge in [0, 0.05) is 13.1 Å². The number of hydrogen-bond donors (Lipinski definition) is 2. The van der Waals surface area contributed by atoms with E-state index in [4.69, 9.17) is 0 Å². The highest BCUT2D eigenvalue weighted by Gasteiger charge is 2.45. The number of pyridine rings is 1. The number of nitro groups is 1. The largest absolute Gasteiger partial charge is 0.370 e. The third-order valence-corrected chi connectivity index (χ3v) is 3.82. The van der Waals surface area contributed by atoms with Crippen molar-refractivity contribution in [1.29, 1.82) is 0 Å². The SMILES string of the molecule is CCCNc1cc([N+](=O)[O-])cc(NCC2CC2(C)C)n1. The van der Waals surface area contributed by atoms with E-state index in [0.29, 0.717) is 23.0 Å². The zero-order valence-electron chi connectivity index (χ0n) is 12.3. The summed E-state index contributed by atoms with van der Waals surface area (Å²) in [7, 11) is 0. The van der Waals surface area contributed by atoms with Crippen LogP contribution in [-0.4, -0.2) is 23.0 Å². The lowest BCUT2D eigenvalue weighted by molar-refractivity contribution is -0.384. The number of nitrogens with one attached hydrogen (secondary N) is 2. The van der Waals surface area contributed by atoms with Gasteiger partial charge in [-0.1, -0.05) is 20.8 Å². The van der Waals surface area contributed by atoms with Crippen LogP contribution >= 0.6 is 0 Å². The van der Waals surface area contributed by atoms with Gasteiger partial charge in [-0.3, -0.25) is 10.1 Å². The highest BCUT2D eigenvalue weighted by atomic mass is 16.6. The molecule has 110 valence electrons. The number of anilines is 2. The van der Waals surface area contributed by atoms with Crippen molar-refractivity contribution in [3.8, 4) is 0 Å². The lowest BCUT2D eigenvalue weighted by Gasteiger charge is -2.09. The van der Waals surface area contributed by atoms with Crippen molar-refractivity contribution in [3.05, 3.63) is 22.2 Å². The molecule has 1 aliphatic rings. The van der Waals surface area contributed by atoms with Crippen LogP contribution in [0.15, 0.2) is 12.1 Å². The predicted octanol–water partition coefficient (Wildman–Crippen LogP) is 3.27. The summed E-state index contributed by atoms with van der Waals surface area (Å²) in [6.07, 6.45) is 2.14. The average Bonchev–Trinajstić information content (AvgIpc) is 3.01. The summed E-state index contributed by atoms with van der Waals surface area (Å²) in [6, 6.07) is 2.97. The Balaban J connectivity index is 2.06. The van der Waals surface area contributed by atoms with Crippen molar-refractivity contribution in [2.75, 3.05) is 23.7 Å². The van der Waals surface area contributed by atoms with Crippen LogP contribution in [0.3, 0.4) is 0 Å². The molecule has 1 saturated carbocycles. The van der Waals surface area contributed by atoms with Crippen molar-refractivity contribution in [1.82, 2.24) is 4.98 Å². The van der Waals surface area contributed by atoms with E-state index in [9.17, 15) is 10.1 Å². The molecule has 0 saturated heterocycles. The van der Waals surface area contributed by atoms with Crippen LogP contribution in [0.25, 0.3) is 0 Å². The van der Waals surface area contributed by atoms with E-state index in [0.717, 1.165) is 19.5 Å². The minimum absolute atomic E-state index is 0.0659. The van der Waals surface area contributed by atoms with Gasteiger partial charge in [-0.05, 0) is 24.2 Å². The zero-order chi connectivity index (χ0) is 14.8. The summed E-state index contributed by atoms with van der Waals surface area (Å²) >= 11 is 0. The van der Waals surface area contributed by atoms with E-state index >= 15 is 0 Å². The Morgan fingerprint density at radius 2 is 2.00 bits per heavy atom. The molecule has 1 aromatic heterocycles. The second-order valence-electron chi connectivity index (χ2n) is 6.05. The minimum Gasteiger partial charge on any atom is -0.370 e. The molecular formula is C14H22N4O2. The molecule has 0 spiro atoms. The maximum absolute atomic E-state index is 11.0. The monoisotopic (exact) mass is 278 g/mol. The van der Waals surface area contributed by atoms with E-state index in [1.165, 1.54) is 18.6 Å². The van der Waals surface area contributed by atoms with Crippen LogP contribution < -0.4 is 10.6 Å². The summed E-state index contributed by atoms with van der Waals surface area (Å²) in [4.78, 5) is 14.9. The second kappa shape index (κ2) is 5.64. The molecule has 2 rings (SSSR count).